The minimum atomic E-state index is -0.00452. The summed E-state index contributed by atoms with van der Waals surface area (Å²) in [5.74, 6) is 0. The summed E-state index contributed by atoms with van der Waals surface area (Å²) in [7, 11) is 0. The number of carbonyl (C=O) groups excluding carboxylic acids is 1. The fraction of sp³-hybridized carbons (Fsp3) is 0.444. The van der Waals surface area contributed by atoms with Gasteiger partial charge in [-0.15, -0.1) is 0 Å². The average molecular weight is 231 g/mol. The molecule has 0 saturated heterocycles. The maximum Gasteiger partial charge on any atom is 0.155 e. The van der Waals surface area contributed by atoms with Gasteiger partial charge < -0.3 is 0 Å². The van der Waals surface area contributed by atoms with Crippen molar-refractivity contribution in [1.82, 2.24) is 9.97 Å². The van der Waals surface area contributed by atoms with Gasteiger partial charge in [0, 0.05) is 4.75 Å². The third-order valence-corrected chi connectivity index (χ3v) is 2.75. The predicted molar refractivity (Wildman–Crippen MR) is 58.0 cm³/mol. The third kappa shape index (κ3) is 2.96. The largest absolute Gasteiger partial charge is 0.298 e. The summed E-state index contributed by atoms with van der Waals surface area (Å²) in [4.78, 5) is 18.5. The molecule has 1 aromatic heterocycles. The van der Waals surface area contributed by atoms with Crippen LogP contribution in [0.2, 0.25) is 5.15 Å². The van der Waals surface area contributed by atoms with Crippen molar-refractivity contribution in [2.24, 2.45) is 0 Å². The quantitative estimate of drug-likeness (QED) is 0.445. The van der Waals surface area contributed by atoms with Gasteiger partial charge in [-0.3, -0.25) is 4.79 Å². The molecule has 3 nitrogen and oxygen atoms in total. The summed E-state index contributed by atoms with van der Waals surface area (Å²) < 4.78 is -0.00452. The molecular formula is C9H11ClN2OS. The monoisotopic (exact) mass is 230 g/mol. The van der Waals surface area contributed by atoms with E-state index >= 15 is 0 Å². The molecule has 0 radical (unpaired) electrons. The van der Waals surface area contributed by atoms with E-state index in [1.54, 1.807) is 0 Å². The second kappa shape index (κ2) is 4.28. The van der Waals surface area contributed by atoms with Crippen LogP contribution in [0.25, 0.3) is 0 Å². The molecule has 0 bridgehead atoms. The van der Waals surface area contributed by atoms with Gasteiger partial charge >= 0.3 is 0 Å². The molecule has 0 spiro atoms. The van der Waals surface area contributed by atoms with Crippen LogP contribution in [0.1, 0.15) is 31.1 Å². The van der Waals surface area contributed by atoms with Crippen molar-refractivity contribution in [2.45, 2.75) is 30.5 Å². The highest BCUT2D eigenvalue weighted by atomic mass is 35.5. The number of halogens is 1. The lowest BCUT2D eigenvalue weighted by atomic mass is 10.3. The molecular weight excluding hydrogens is 220 g/mol. The Balaban J connectivity index is 3.08. The number of carbonyl (C=O) groups is 1. The first-order valence-corrected chi connectivity index (χ1v) is 5.28. The molecule has 0 unspecified atom stereocenters. The summed E-state index contributed by atoms with van der Waals surface area (Å²) in [5, 5.41) is 0.842. The Kier molecular flexibility index (Phi) is 3.50. The lowest BCUT2D eigenvalue weighted by Crippen LogP contribution is -2.09. The van der Waals surface area contributed by atoms with E-state index in [4.69, 9.17) is 11.6 Å². The van der Waals surface area contributed by atoms with Crippen LogP contribution in [0.15, 0.2) is 11.4 Å². The van der Waals surface area contributed by atoms with Gasteiger partial charge in [0.1, 0.15) is 16.5 Å². The molecule has 1 heterocycles. The third-order valence-electron chi connectivity index (χ3n) is 1.32. The van der Waals surface area contributed by atoms with E-state index in [1.807, 2.05) is 20.8 Å². The van der Waals surface area contributed by atoms with Crippen LogP contribution in [0.5, 0.6) is 0 Å². The topological polar surface area (TPSA) is 42.9 Å². The standard InChI is InChI=1S/C9H11ClN2OS/c1-9(2,3)14-8-6(4-13)7(10)11-5-12-8/h4-5H,1-3H3. The summed E-state index contributed by atoms with van der Waals surface area (Å²) in [6.07, 6.45) is 2.06. The zero-order chi connectivity index (χ0) is 10.8. The predicted octanol–water partition coefficient (Wildman–Crippen LogP) is 2.83. The van der Waals surface area contributed by atoms with Gasteiger partial charge in [-0.05, 0) is 0 Å². The van der Waals surface area contributed by atoms with E-state index in [9.17, 15) is 4.79 Å². The van der Waals surface area contributed by atoms with E-state index in [-0.39, 0.29) is 9.90 Å². The van der Waals surface area contributed by atoms with Crippen LogP contribution < -0.4 is 0 Å². The fourth-order valence-corrected chi connectivity index (χ4v) is 2.00. The highest BCUT2D eigenvalue weighted by molar-refractivity contribution is 8.00. The van der Waals surface area contributed by atoms with E-state index in [1.165, 1.54) is 18.1 Å². The van der Waals surface area contributed by atoms with Crippen LogP contribution in [-0.4, -0.2) is 21.0 Å². The molecule has 1 aromatic rings. The molecule has 0 atom stereocenters. The van der Waals surface area contributed by atoms with Crippen molar-refractivity contribution >= 4 is 29.6 Å². The summed E-state index contributed by atoms with van der Waals surface area (Å²) in [6, 6.07) is 0. The SMILES string of the molecule is CC(C)(C)Sc1ncnc(Cl)c1C=O. The Morgan fingerprint density at radius 2 is 2.07 bits per heavy atom. The first-order chi connectivity index (χ1) is 6.44. The van der Waals surface area contributed by atoms with Gasteiger partial charge in [0.05, 0.1) is 5.56 Å². The molecule has 76 valence electrons. The maximum absolute atomic E-state index is 10.8. The van der Waals surface area contributed by atoms with Gasteiger partial charge in [0.25, 0.3) is 0 Å². The maximum atomic E-state index is 10.8. The van der Waals surface area contributed by atoms with E-state index in [0.29, 0.717) is 16.9 Å². The molecule has 0 aliphatic heterocycles. The Hall–Kier alpha value is -0.610. The van der Waals surface area contributed by atoms with E-state index in [2.05, 4.69) is 9.97 Å². The molecule has 0 fully saturated rings. The molecule has 0 aliphatic carbocycles. The zero-order valence-corrected chi connectivity index (χ0v) is 9.82. The van der Waals surface area contributed by atoms with Crippen molar-refractivity contribution in [2.75, 3.05) is 0 Å². The van der Waals surface area contributed by atoms with Crippen molar-refractivity contribution in [3.05, 3.63) is 17.0 Å². The van der Waals surface area contributed by atoms with Gasteiger partial charge in [-0.1, -0.05) is 44.1 Å². The minimum absolute atomic E-state index is 0.00452. The first kappa shape index (κ1) is 11.5. The second-order valence-electron chi connectivity index (χ2n) is 3.72. The molecule has 0 N–H and O–H groups in total. The smallest absolute Gasteiger partial charge is 0.155 e. The molecule has 1 rings (SSSR count). The van der Waals surface area contributed by atoms with E-state index in [0.717, 1.165) is 0 Å². The molecule has 14 heavy (non-hydrogen) atoms. The Morgan fingerprint density at radius 1 is 1.43 bits per heavy atom. The van der Waals surface area contributed by atoms with Crippen molar-refractivity contribution in [3.63, 3.8) is 0 Å². The fourth-order valence-electron chi connectivity index (χ4n) is 0.830. The first-order valence-electron chi connectivity index (χ1n) is 4.09. The molecule has 5 heteroatoms. The van der Waals surface area contributed by atoms with Gasteiger partial charge in [-0.2, -0.15) is 0 Å². The van der Waals surface area contributed by atoms with Crippen LogP contribution in [0.3, 0.4) is 0 Å². The highest BCUT2D eigenvalue weighted by Crippen LogP contribution is 2.33. The normalized spacial score (nSPS) is 11.4. The average Bonchev–Trinajstić information content (AvgIpc) is 2.01. The number of hydrogen-bond donors (Lipinski definition) is 0. The van der Waals surface area contributed by atoms with Crippen LogP contribution in [-0.2, 0) is 0 Å². The number of rotatable bonds is 2. The van der Waals surface area contributed by atoms with Gasteiger partial charge in [-0.25, -0.2) is 9.97 Å². The highest BCUT2D eigenvalue weighted by Gasteiger charge is 2.17. The Labute approximate surface area is 92.3 Å². The molecule has 0 saturated carbocycles. The van der Waals surface area contributed by atoms with Crippen LogP contribution >= 0.6 is 23.4 Å². The molecule has 0 aromatic carbocycles. The summed E-state index contributed by atoms with van der Waals surface area (Å²) >= 11 is 7.26. The number of thioether (sulfide) groups is 1. The number of aromatic nitrogens is 2. The number of aldehydes is 1. The number of nitrogens with zero attached hydrogens (tertiary/aromatic N) is 2. The Morgan fingerprint density at radius 3 is 2.57 bits per heavy atom. The summed E-state index contributed by atoms with van der Waals surface area (Å²) in [6.45, 7) is 6.13. The lowest BCUT2D eigenvalue weighted by Gasteiger charge is -2.17. The lowest BCUT2D eigenvalue weighted by molar-refractivity contribution is 0.112. The van der Waals surface area contributed by atoms with Crippen molar-refractivity contribution in [3.8, 4) is 0 Å². The minimum Gasteiger partial charge on any atom is -0.298 e. The summed E-state index contributed by atoms with van der Waals surface area (Å²) in [5.41, 5.74) is 0.370. The van der Waals surface area contributed by atoms with Crippen molar-refractivity contribution in [1.29, 1.82) is 0 Å². The molecule has 0 amide bonds. The van der Waals surface area contributed by atoms with Crippen LogP contribution in [0.4, 0.5) is 0 Å². The molecule has 0 aliphatic rings. The van der Waals surface area contributed by atoms with Crippen LogP contribution in [0, 0.1) is 0 Å². The van der Waals surface area contributed by atoms with Crippen molar-refractivity contribution < 1.29 is 4.79 Å². The zero-order valence-electron chi connectivity index (χ0n) is 8.24. The Bertz CT molecular complexity index is 349. The van der Waals surface area contributed by atoms with Gasteiger partial charge in [0.2, 0.25) is 0 Å². The van der Waals surface area contributed by atoms with E-state index < -0.39 is 0 Å². The number of hydrogen-bond acceptors (Lipinski definition) is 4. The van der Waals surface area contributed by atoms with Gasteiger partial charge in [0.15, 0.2) is 6.29 Å². The second-order valence-corrected chi connectivity index (χ2v) is 5.89.